The standard InChI is InChI=1S/C27H42N2O10.8CH4/c1-6-23(32)38-17-25(34)36-15-21(30)10-8-9-12-28-13-11-20(3)14-27(4,5)19-29-22(31)16-37-26(35)18-39-24(33)7-2;;;;;;;;/h6-7,20,28H,1-2,8-19H2,3-5H3,(H,29,31);8*1H4. The van der Waals surface area contributed by atoms with Crippen molar-refractivity contribution in [1.82, 2.24) is 10.6 Å². The summed E-state index contributed by atoms with van der Waals surface area (Å²) in [5, 5.41) is 6.10. The summed E-state index contributed by atoms with van der Waals surface area (Å²) >= 11 is 0. The van der Waals surface area contributed by atoms with E-state index in [2.05, 4.69) is 40.2 Å². The first-order valence-electron chi connectivity index (χ1n) is 12.8. The largest absolute Gasteiger partial charge is 0.455 e. The molecule has 0 heterocycles. The van der Waals surface area contributed by atoms with Crippen molar-refractivity contribution in [3.05, 3.63) is 25.3 Å². The Kier molecular flexibility index (Phi) is 54.2. The van der Waals surface area contributed by atoms with Crippen LogP contribution < -0.4 is 10.6 Å². The number of Topliss-reactive ketones (excluding diaryl/α,β-unsaturated/α-hetero) is 1. The van der Waals surface area contributed by atoms with Crippen LogP contribution in [0.2, 0.25) is 0 Å². The third-order valence-corrected chi connectivity index (χ3v) is 5.29. The molecule has 1 unspecified atom stereocenters. The van der Waals surface area contributed by atoms with Crippen molar-refractivity contribution in [2.45, 2.75) is 112 Å². The number of esters is 4. The molecule has 12 heteroatoms. The third-order valence-electron chi connectivity index (χ3n) is 5.29. The Bertz CT molecular complexity index is 857. The van der Waals surface area contributed by atoms with Crippen molar-refractivity contribution in [2.24, 2.45) is 11.3 Å². The molecule has 0 saturated heterocycles. The van der Waals surface area contributed by atoms with Gasteiger partial charge < -0.3 is 29.6 Å². The molecule has 12 nitrogen and oxygen atoms in total. The second kappa shape index (κ2) is 38.6. The third kappa shape index (κ3) is 40.4. The molecule has 284 valence electrons. The molecule has 0 aromatic rings. The van der Waals surface area contributed by atoms with Gasteiger partial charge in [-0.05, 0) is 50.1 Å². The van der Waals surface area contributed by atoms with Crippen LogP contribution in [-0.4, -0.2) is 81.6 Å². The Hall–Kier alpha value is -3.54. The number of amides is 1. The summed E-state index contributed by atoms with van der Waals surface area (Å²) < 4.78 is 18.6. The van der Waals surface area contributed by atoms with Crippen molar-refractivity contribution >= 4 is 35.6 Å². The highest BCUT2D eigenvalue weighted by Gasteiger charge is 2.22. The normalized spacial score (nSPS) is 9.51. The lowest BCUT2D eigenvalue weighted by Crippen LogP contribution is -2.37. The predicted molar refractivity (Wildman–Crippen MR) is 195 cm³/mol. The van der Waals surface area contributed by atoms with Crippen LogP contribution in [0, 0.1) is 11.3 Å². The maximum absolute atomic E-state index is 12.0. The number of hydrogen-bond donors (Lipinski definition) is 2. The predicted octanol–water partition coefficient (Wildman–Crippen LogP) is 6.51. The van der Waals surface area contributed by atoms with Gasteiger partial charge in [0.1, 0.15) is 6.61 Å². The second-order valence-electron chi connectivity index (χ2n) is 9.73. The van der Waals surface area contributed by atoms with E-state index in [1.807, 2.05) is 13.8 Å². The highest BCUT2D eigenvalue weighted by molar-refractivity contribution is 5.86. The fourth-order valence-corrected chi connectivity index (χ4v) is 3.39. The van der Waals surface area contributed by atoms with Crippen molar-refractivity contribution in [3.8, 4) is 0 Å². The van der Waals surface area contributed by atoms with Gasteiger partial charge in [0.15, 0.2) is 25.6 Å². The van der Waals surface area contributed by atoms with Gasteiger partial charge in [-0.2, -0.15) is 0 Å². The van der Waals surface area contributed by atoms with E-state index in [0.29, 0.717) is 25.3 Å². The first-order chi connectivity index (χ1) is 18.4. The van der Waals surface area contributed by atoms with Gasteiger partial charge in [0.05, 0.1) is 0 Å². The molecule has 0 aromatic heterocycles. The Labute approximate surface area is 288 Å². The molecule has 0 radical (unpaired) electrons. The maximum Gasteiger partial charge on any atom is 0.344 e. The number of ketones is 1. The summed E-state index contributed by atoms with van der Waals surface area (Å²) in [6, 6.07) is 0. The quantitative estimate of drug-likeness (QED) is 0.0554. The van der Waals surface area contributed by atoms with E-state index < -0.39 is 49.6 Å². The van der Waals surface area contributed by atoms with Gasteiger partial charge in [-0.15, -0.1) is 0 Å². The van der Waals surface area contributed by atoms with Crippen LogP contribution in [0.4, 0.5) is 0 Å². The molecular formula is C35H74N2O10. The van der Waals surface area contributed by atoms with E-state index in [1.165, 1.54) is 0 Å². The zero-order chi connectivity index (χ0) is 29.7. The van der Waals surface area contributed by atoms with Gasteiger partial charge in [0.2, 0.25) is 0 Å². The average Bonchev–Trinajstić information content (AvgIpc) is 2.90. The number of carbonyl (C=O) groups is 6. The lowest BCUT2D eigenvalue weighted by Gasteiger charge is -2.28. The summed E-state index contributed by atoms with van der Waals surface area (Å²) in [4.78, 5) is 68.3. The van der Waals surface area contributed by atoms with Gasteiger partial charge in [-0.1, -0.05) is 93.3 Å². The SMILES string of the molecule is C.C.C.C.C.C.C.C.C=CC(=O)OCC(=O)OCC(=O)CCCCNCCC(C)CC(C)(C)CNC(=O)COC(=O)COC(=O)C=C. The lowest BCUT2D eigenvalue weighted by molar-refractivity contribution is -0.158. The molecule has 47 heavy (non-hydrogen) atoms. The molecule has 1 amide bonds. The van der Waals surface area contributed by atoms with Crippen LogP contribution >= 0.6 is 0 Å². The molecular weight excluding hydrogens is 608 g/mol. The van der Waals surface area contributed by atoms with Crippen LogP contribution in [0.25, 0.3) is 0 Å². The molecule has 0 rings (SSSR count). The van der Waals surface area contributed by atoms with Crippen LogP contribution in [0.1, 0.15) is 112 Å². The van der Waals surface area contributed by atoms with Crippen LogP contribution in [0.5, 0.6) is 0 Å². The minimum Gasteiger partial charge on any atom is -0.455 e. The summed E-state index contributed by atoms with van der Waals surface area (Å²) in [7, 11) is 0. The number of hydrogen-bond acceptors (Lipinski definition) is 11. The van der Waals surface area contributed by atoms with Gasteiger partial charge in [0.25, 0.3) is 5.91 Å². The number of carbonyl (C=O) groups excluding carboxylic acids is 6. The molecule has 0 aliphatic carbocycles. The molecule has 0 bridgehead atoms. The number of nitrogens with one attached hydrogen (secondary N) is 2. The zero-order valence-corrected chi connectivity index (χ0v) is 23.2. The molecule has 0 saturated carbocycles. The molecule has 0 aliphatic heterocycles. The number of unbranched alkanes of at least 4 members (excludes halogenated alkanes) is 1. The molecule has 0 fully saturated rings. The van der Waals surface area contributed by atoms with Crippen molar-refractivity contribution in [3.63, 3.8) is 0 Å². The van der Waals surface area contributed by atoms with Gasteiger partial charge in [-0.3, -0.25) is 9.59 Å². The van der Waals surface area contributed by atoms with Gasteiger partial charge >= 0.3 is 23.9 Å². The van der Waals surface area contributed by atoms with Crippen molar-refractivity contribution in [1.29, 1.82) is 0 Å². The van der Waals surface area contributed by atoms with E-state index in [4.69, 9.17) is 9.47 Å². The highest BCUT2D eigenvalue weighted by Crippen LogP contribution is 2.26. The average molecular weight is 683 g/mol. The molecule has 0 spiro atoms. The lowest BCUT2D eigenvalue weighted by atomic mass is 9.82. The van der Waals surface area contributed by atoms with Crippen LogP contribution in [0.15, 0.2) is 25.3 Å². The Balaban J connectivity index is -0.000000258. The Morgan fingerprint density at radius 1 is 0.681 bits per heavy atom. The van der Waals surface area contributed by atoms with Gasteiger partial charge in [-0.25, -0.2) is 19.2 Å². The fraction of sp³-hybridized carbons (Fsp3) is 0.714. The van der Waals surface area contributed by atoms with E-state index >= 15 is 0 Å². The van der Waals surface area contributed by atoms with Gasteiger partial charge in [0, 0.05) is 25.1 Å². The van der Waals surface area contributed by atoms with Crippen LogP contribution in [0.3, 0.4) is 0 Å². The van der Waals surface area contributed by atoms with E-state index in [0.717, 1.165) is 44.5 Å². The second-order valence-corrected chi connectivity index (χ2v) is 9.73. The van der Waals surface area contributed by atoms with E-state index in [-0.39, 0.29) is 77.2 Å². The smallest absolute Gasteiger partial charge is 0.344 e. The fourth-order valence-electron chi connectivity index (χ4n) is 3.39. The summed E-state index contributed by atoms with van der Waals surface area (Å²) in [5.41, 5.74) is -0.171. The summed E-state index contributed by atoms with van der Waals surface area (Å²) in [6.45, 7) is 12.7. The summed E-state index contributed by atoms with van der Waals surface area (Å²) in [6.07, 6.45) is 5.40. The minimum atomic E-state index is -0.821. The first-order valence-corrected chi connectivity index (χ1v) is 12.8. The highest BCUT2D eigenvalue weighted by atomic mass is 16.6. The molecule has 2 N–H and O–H groups in total. The van der Waals surface area contributed by atoms with Crippen molar-refractivity contribution < 1.29 is 47.7 Å². The molecule has 0 aromatic carbocycles. The Morgan fingerprint density at radius 2 is 1.15 bits per heavy atom. The first kappa shape index (κ1) is 66.0. The van der Waals surface area contributed by atoms with E-state index in [1.54, 1.807) is 0 Å². The number of ether oxygens (including phenoxy) is 4. The molecule has 0 aliphatic rings. The minimum absolute atomic E-state index is 0. The Morgan fingerprint density at radius 3 is 1.62 bits per heavy atom. The molecule has 1 atom stereocenters. The van der Waals surface area contributed by atoms with Crippen molar-refractivity contribution in [2.75, 3.05) is 46.1 Å². The summed E-state index contributed by atoms with van der Waals surface area (Å²) in [5.74, 6) is -3.34. The topological polar surface area (TPSA) is 163 Å². The number of rotatable bonds is 22. The van der Waals surface area contributed by atoms with Crippen LogP contribution in [-0.2, 0) is 47.7 Å². The van der Waals surface area contributed by atoms with E-state index in [9.17, 15) is 28.8 Å². The monoisotopic (exact) mass is 683 g/mol. The zero-order valence-electron chi connectivity index (χ0n) is 23.2. The maximum atomic E-state index is 12.0.